The molecule has 3 fully saturated rings. The van der Waals surface area contributed by atoms with E-state index in [2.05, 4.69) is 11.5 Å². The fourth-order valence-corrected chi connectivity index (χ4v) is 5.08. The minimum Gasteiger partial charge on any atom is -0.481 e. The van der Waals surface area contributed by atoms with Crippen LogP contribution in [0.3, 0.4) is 0 Å². The lowest BCUT2D eigenvalue weighted by atomic mass is 9.65. The molecule has 0 bridgehead atoms. The molecule has 1 aromatic carbocycles. The molecule has 0 aliphatic heterocycles. The average Bonchev–Trinajstić information content (AvgIpc) is 3.68. The molecule has 2 aromatic rings. The predicted octanol–water partition coefficient (Wildman–Crippen LogP) is 4.96. The van der Waals surface area contributed by atoms with Gasteiger partial charge in [0.15, 0.2) is 0 Å². The molecule has 166 valence electrons. The summed E-state index contributed by atoms with van der Waals surface area (Å²) >= 11 is 0. The van der Waals surface area contributed by atoms with E-state index in [4.69, 9.17) is 9.72 Å². The van der Waals surface area contributed by atoms with E-state index in [9.17, 15) is 14.3 Å². The molecule has 0 unspecified atom stereocenters. The largest absolute Gasteiger partial charge is 0.481 e. The number of hydrogen-bond donors (Lipinski definition) is 1. The van der Waals surface area contributed by atoms with Gasteiger partial charge < -0.3 is 14.4 Å². The van der Waals surface area contributed by atoms with Crippen LogP contribution < -0.4 is 0 Å². The monoisotopic (exact) mass is 426 g/mol. The molecule has 1 N–H and O–H groups in total. The smallest absolute Gasteiger partial charge is 0.314 e. The maximum absolute atomic E-state index is 13.5. The van der Waals surface area contributed by atoms with Crippen molar-refractivity contribution in [3.8, 4) is 0 Å². The van der Waals surface area contributed by atoms with Crippen molar-refractivity contribution in [3.63, 3.8) is 0 Å². The number of aryl methyl sites for hydroxylation is 1. The molecule has 0 spiro atoms. The number of benzene rings is 1. The highest BCUT2D eigenvalue weighted by Gasteiger charge is 2.52. The third-order valence-corrected chi connectivity index (χ3v) is 7.61. The summed E-state index contributed by atoms with van der Waals surface area (Å²) in [6.07, 6.45) is 8.98. The van der Waals surface area contributed by atoms with E-state index >= 15 is 0 Å². The number of carboxylic acids is 1. The second-order valence-corrected chi connectivity index (χ2v) is 9.92. The summed E-state index contributed by atoms with van der Waals surface area (Å²) in [5.74, 6) is 1.11. The number of hydrogen-bond acceptors (Lipinski definition) is 3. The van der Waals surface area contributed by atoms with Crippen molar-refractivity contribution in [2.45, 2.75) is 75.9 Å². The van der Waals surface area contributed by atoms with Gasteiger partial charge in [0.25, 0.3) is 0 Å². The third kappa shape index (κ3) is 3.91. The number of halogens is 1. The topological polar surface area (TPSA) is 64.3 Å². The number of aliphatic carboxylic acids is 1. The number of aromatic nitrogens is 2. The van der Waals surface area contributed by atoms with Gasteiger partial charge in [0.1, 0.15) is 17.2 Å². The van der Waals surface area contributed by atoms with Crippen molar-refractivity contribution in [1.82, 2.24) is 9.55 Å². The minimum absolute atomic E-state index is 0.347. The molecule has 0 saturated heterocycles. The summed E-state index contributed by atoms with van der Waals surface area (Å²) in [6.45, 7) is 3.78. The molecule has 1 aromatic heterocycles. The Kier molecular flexibility index (Phi) is 5.16. The number of carbonyl (C=O) groups is 1. The van der Waals surface area contributed by atoms with Crippen LogP contribution >= 0.6 is 0 Å². The van der Waals surface area contributed by atoms with E-state index in [1.54, 1.807) is 12.1 Å². The summed E-state index contributed by atoms with van der Waals surface area (Å²) < 4.78 is 22.4. The van der Waals surface area contributed by atoms with Gasteiger partial charge in [-0.15, -0.1) is 0 Å². The first-order chi connectivity index (χ1) is 14.9. The first kappa shape index (κ1) is 20.7. The molecule has 5 rings (SSSR count). The Morgan fingerprint density at radius 1 is 1.13 bits per heavy atom. The van der Waals surface area contributed by atoms with Gasteiger partial charge in [0.2, 0.25) is 0 Å². The van der Waals surface area contributed by atoms with Gasteiger partial charge in [-0.1, -0.05) is 12.1 Å². The highest BCUT2D eigenvalue weighted by Crippen LogP contribution is 2.50. The quantitative estimate of drug-likeness (QED) is 0.648. The van der Waals surface area contributed by atoms with Gasteiger partial charge in [-0.2, -0.15) is 0 Å². The highest BCUT2D eigenvalue weighted by molar-refractivity contribution is 5.81. The number of ether oxygens (including phenoxy) is 1. The van der Waals surface area contributed by atoms with Gasteiger partial charge >= 0.3 is 5.97 Å². The summed E-state index contributed by atoms with van der Waals surface area (Å²) in [4.78, 5) is 17.3. The zero-order chi connectivity index (χ0) is 21.6. The zero-order valence-corrected chi connectivity index (χ0v) is 18.1. The molecule has 0 radical (unpaired) electrons. The molecular formula is C25H31FN2O3. The average molecular weight is 427 g/mol. The number of rotatable bonds is 8. The Hall–Kier alpha value is -2.21. The predicted molar refractivity (Wildman–Crippen MR) is 114 cm³/mol. The fourth-order valence-electron chi connectivity index (χ4n) is 5.08. The first-order valence-electron chi connectivity index (χ1n) is 11.6. The van der Waals surface area contributed by atoms with Crippen LogP contribution in [0, 0.1) is 24.6 Å². The Bertz CT molecular complexity index is 952. The normalized spacial score (nSPS) is 28.6. The second kappa shape index (κ2) is 7.73. The summed E-state index contributed by atoms with van der Waals surface area (Å²) in [5, 5.41) is 10.2. The van der Waals surface area contributed by atoms with Crippen LogP contribution in [0.5, 0.6) is 0 Å². The van der Waals surface area contributed by atoms with Gasteiger partial charge in [0.05, 0.1) is 12.0 Å². The second-order valence-electron chi connectivity index (χ2n) is 9.92. The van der Waals surface area contributed by atoms with E-state index in [1.807, 2.05) is 6.20 Å². The number of nitrogens with zero attached hydrogens (tertiary/aromatic N) is 2. The molecule has 5 nitrogen and oxygen atoms in total. The van der Waals surface area contributed by atoms with Gasteiger partial charge in [-0.25, -0.2) is 9.37 Å². The molecule has 1 heterocycles. The van der Waals surface area contributed by atoms with Gasteiger partial charge in [-0.3, -0.25) is 4.79 Å². The number of imidazole rings is 1. The fraction of sp³-hybridized carbons (Fsp3) is 0.600. The summed E-state index contributed by atoms with van der Waals surface area (Å²) in [5.41, 5.74) is 0.257. The summed E-state index contributed by atoms with van der Waals surface area (Å²) in [6, 6.07) is 5.97. The van der Waals surface area contributed by atoms with Crippen LogP contribution in [-0.2, 0) is 27.1 Å². The van der Waals surface area contributed by atoms with Crippen molar-refractivity contribution in [1.29, 1.82) is 0 Å². The molecule has 31 heavy (non-hydrogen) atoms. The van der Waals surface area contributed by atoms with E-state index in [1.165, 1.54) is 37.8 Å². The summed E-state index contributed by atoms with van der Waals surface area (Å²) in [7, 11) is 0. The number of carboxylic acid groups (broad SMARTS) is 1. The van der Waals surface area contributed by atoms with E-state index in [-0.39, 0.29) is 5.82 Å². The first-order valence-corrected chi connectivity index (χ1v) is 11.6. The van der Waals surface area contributed by atoms with Crippen LogP contribution in [0.25, 0.3) is 0 Å². The van der Waals surface area contributed by atoms with E-state index in [0.29, 0.717) is 49.7 Å². The molecule has 3 aliphatic carbocycles. The Morgan fingerprint density at radius 2 is 1.77 bits per heavy atom. The Balaban J connectivity index is 1.46. The van der Waals surface area contributed by atoms with Crippen LogP contribution in [-0.4, -0.2) is 27.2 Å². The van der Waals surface area contributed by atoms with Crippen LogP contribution in [0.4, 0.5) is 4.39 Å². The van der Waals surface area contributed by atoms with Gasteiger partial charge in [-0.05, 0) is 87.8 Å². The van der Waals surface area contributed by atoms with E-state index < -0.39 is 17.0 Å². The molecule has 0 atom stereocenters. The van der Waals surface area contributed by atoms with Crippen LogP contribution in [0.1, 0.15) is 68.4 Å². The Morgan fingerprint density at radius 3 is 2.35 bits per heavy atom. The standard InChI is InChI=1S/C25H31FN2O3/c1-17-14-27-22(28(17)15-18-2-3-18)25(31-16-19-4-5-19)12-10-24(11-13-25,23(29)30)20-6-8-21(26)9-7-20/h6-9,14,18-19H,2-5,10-13,15-16H2,1H3,(H,29,30). The van der Waals surface area contributed by atoms with Crippen molar-refractivity contribution in [2.24, 2.45) is 11.8 Å². The highest BCUT2D eigenvalue weighted by atomic mass is 19.1. The Labute approximate surface area is 182 Å². The molecular weight excluding hydrogens is 395 g/mol. The van der Waals surface area contributed by atoms with Crippen molar-refractivity contribution in [2.75, 3.05) is 6.61 Å². The lowest BCUT2D eigenvalue weighted by Crippen LogP contribution is -2.47. The molecule has 3 saturated carbocycles. The molecule has 0 amide bonds. The maximum Gasteiger partial charge on any atom is 0.314 e. The maximum atomic E-state index is 13.5. The van der Waals surface area contributed by atoms with Crippen LogP contribution in [0.15, 0.2) is 30.5 Å². The van der Waals surface area contributed by atoms with Crippen molar-refractivity contribution < 1.29 is 19.0 Å². The van der Waals surface area contributed by atoms with Crippen LogP contribution in [0.2, 0.25) is 0 Å². The third-order valence-electron chi connectivity index (χ3n) is 7.61. The van der Waals surface area contributed by atoms with Crippen molar-refractivity contribution >= 4 is 5.97 Å². The zero-order valence-electron chi connectivity index (χ0n) is 18.1. The minimum atomic E-state index is -1.01. The molecule has 6 heteroatoms. The lowest BCUT2D eigenvalue weighted by molar-refractivity contribution is -0.151. The molecule has 3 aliphatic rings. The van der Waals surface area contributed by atoms with Gasteiger partial charge in [0, 0.05) is 18.4 Å². The lowest BCUT2D eigenvalue weighted by Gasteiger charge is -2.44. The van der Waals surface area contributed by atoms with E-state index in [0.717, 1.165) is 18.1 Å². The SMILES string of the molecule is Cc1cnc(C2(OCC3CC3)CCC(C(=O)O)(c3ccc(F)cc3)CC2)n1CC1CC1. The van der Waals surface area contributed by atoms with Crippen molar-refractivity contribution in [3.05, 3.63) is 53.4 Å².